The summed E-state index contributed by atoms with van der Waals surface area (Å²) in [6, 6.07) is 30.7. The van der Waals surface area contributed by atoms with Gasteiger partial charge >= 0.3 is 0 Å². The molecule has 2 nitrogen and oxygen atoms in total. The minimum Gasteiger partial charge on any atom is -0.266 e. The van der Waals surface area contributed by atoms with Crippen molar-refractivity contribution in [3.05, 3.63) is 97.0 Å². The number of nitrogens with zero attached hydrogens (tertiary/aromatic N) is 2. The fourth-order valence-electron chi connectivity index (χ4n) is 3.75. The van der Waals surface area contributed by atoms with E-state index in [9.17, 15) is 0 Å². The molecule has 0 unspecified atom stereocenters. The number of benzene rings is 4. The van der Waals surface area contributed by atoms with E-state index in [4.69, 9.17) is 0 Å². The summed E-state index contributed by atoms with van der Waals surface area (Å²) in [7, 11) is 2.01. The zero-order valence-corrected chi connectivity index (χ0v) is 19.9. The van der Waals surface area contributed by atoms with Gasteiger partial charge in [0.05, 0.1) is 12.7 Å². The number of hydrogen-bond acceptors (Lipinski definition) is 1. The molecular weight excluding hydrogens is 440 g/mol. The quantitative estimate of drug-likeness (QED) is 0.156. The smallest absolute Gasteiger partial charge is 0.266 e. The molecule has 140 valence electrons. The Morgan fingerprint density at radius 2 is 1.50 bits per heavy atom. The van der Waals surface area contributed by atoms with Crippen molar-refractivity contribution >= 4 is 30.0 Å². The van der Waals surface area contributed by atoms with E-state index < -0.39 is 0 Å². The van der Waals surface area contributed by atoms with Gasteiger partial charge in [-0.25, -0.2) is 0 Å². The Morgan fingerprint density at radius 3 is 2.33 bits per heavy atom. The Kier molecular flexibility index (Phi) is 6.85. The molecule has 0 amide bonds. The van der Waals surface area contributed by atoms with Crippen molar-refractivity contribution in [3.63, 3.8) is 0 Å². The molecule has 0 fully saturated rings. The Morgan fingerprint density at radius 1 is 0.800 bits per heavy atom. The van der Waals surface area contributed by atoms with Crippen molar-refractivity contribution in [2.45, 2.75) is 6.92 Å². The van der Waals surface area contributed by atoms with E-state index in [0.29, 0.717) is 0 Å². The van der Waals surface area contributed by atoms with Crippen LogP contribution >= 0.6 is 0 Å². The van der Waals surface area contributed by atoms with Crippen molar-refractivity contribution in [3.8, 4) is 22.4 Å². The van der Waals surface area contributed by atoms with Crippen LogP contribution < -0.4 is 4.57 Å². The average Bonchev–Trinajstić information content (AvgIpc) is 2.74. The maximum Gasteiger partial charge on any atom is 0.279 e. The van der Waals surface area contributed by atoms with Crippen LogP contribution in [-0.4, -0.2) is 13.4 Å². The molecule has 0 aliphatic carbocycles. The van der Waals surface area contributed by atoms with Crippen LogP contribution in [-0.2, 0) is 39.8 Å². The Hall–Kier alpha value is -2.35. The molecule has 4 aromatic carbocycles. The third-order valence-corrected chi connectivity index (χ3v) is 5.29. The van der Waals surface area contributed by atoms with Gasteiger partial charge in [0, 0.05) is 41.1 Å². The molecular formula is C26H19BN2Y-. The van der Waals surface area contributed by atoms with E-state index >= 15 is 0 Å². The van der Waals surface area contributed by atoms with Crippen LogP contribution in [0.4, 0.5) is 0 Å². The predicted octanol–water partition coefficient (Wildman–Crippen LogP) is 5.07. The van der Waals surface area contributed by atoms with Gasteiger partial charge in [-0.05, 0) is 6.07 Å². The summed E-state index contributed by atoms with van der Waals surface area (Å²) in [5.74, 6) is 0. The second-order valence-corrected chi connectivity index (χ2v) is 7.13. The standard InChI is InChI=1S/C26H19N2.B.Y/c1-18-7-8-21(15-24(18)26-13-14-27-17-28(26)2)22-12-11-20-10-9-19-5-3-4-6-23(19)25(20)16-22;;/h3-14,17H,1-2H3;;/q-1;;. The molecule has 1 aromatic heterocycles. The molecule has 0 atom stereocenters. The first-order valence-electron chi connectivity index (χ1n) is 9.38. The third kappa shape index (κ3) is 3.97. The van der Waals surface area contributed by atoms with Gasteiger partial charge in [0.1, 0.15) is 6.20 Å². The van der Waals surface area contributed by atoms with E-state index in [2.05, 4.69) is 84.7 Å². The summed E-state index contributed by atoms with van der Waals surface area (Å²) < 4.78 is 2.03. The molecule has 30 heavy (non-hydrogen) atoms. The Bertz CT molecular complexity index is 1350. The van der Waals surface area contributed by atoms with Crippen molar-refractivity contribution in [2.75, 3.05) is 0 Å². The molecule has 0 saturated carbocycles. The fourth-order valence-corrected chi connectivity index (χ4v) is 3.75. The first-order chi connectivity index (χ1) is 13.7. The largest absolute Gasteiger partial charge is 0.279 e. The van der Waals surface area contributed by atoms with Gasteiger partial charge in [-0.15, -0.1) is 23.1 Å². The number of aryl methyl sites for hydroxylation is 2. The van der Waals surface area contributed by atoms with E-state index in [-0.39, 0.29) is 41.1 Å². The van der Waals surface area contributed by atoms with Crippen LogP contribution in [0, 0.1) is 19.1 Å². The topological polar surface area (TPSA) is 16.8 Å². The van der Waals surface area contributed by atoms with Gasteiger partial charge in [0.15, 0.2) is 0 Å². The molecule has 0 saturated heterocycles. The zero-order valence-electron chi connectivity index (χ0n) is 17.1. The summed E-state index contributed by atoms with van der Waals surface area (Å²) in [6.07, 6.45) is 3.65. The summed E-state index contributed by atoms with van der Waals surface area (Å²) >= 11 is 0. The normalized spacial score (nSPS) is 10.5. The maximum atomic E-state index is 4.19. The van der Waals surface area contributed by atoms with E-state index in [0.717, 1.165) is 27.8 Å². The van der Waals surface area contributed by atoms with Gasteiger partial charge in [0.2, 0.25) is 0 Å². The number of aromatic nitrogens is 2. The van der Waals surface area contributed by atoms with Gasteiger partial charge < -0.3 is 0 Å². The molecule has 5 aromatic rings. The summed E-state index contributed by atoms with van der Waals surface area (Å²) in [6.45, 7) is 2.12. The molecule has 4 radical (unpaired) electrons. The SMILES string of the molecule is Cc1ccc(-c2[c-]c3c(cc2)ccc2ccccc23)[c-]c1-c1ccnc[n+]1C.[B].[Y]. The number of rotatable bonds is 2. The zero-order chi connectivity index (χ0) is 19.1. The Balaban J connectivity index is 0.00000128. The average molecular weight is 459 g/mol. The van der Waals surface area contributed by atoms with Crippen molar-refractivity contribution < 1.29 is 37.3 Å². The molecule has 5 rings (SSSR count). The van der Waals surface area contributed by atoms with E-state index in [1.807, 2.05) is 30.2 Å². The molecule has 4 heteroatoms. The van der Waals surface area contributed by atoms with Gasteiger partial charge in [0.25, 0.3) is 6.33 Å². The first kappa shape index (κ1) is 22.3. The minimum absolute atomic E-state index is 0. The van der Waals surface area contributed by atoms with Gasteiger partial charge in [-0.1, -0.05) is 70.0 Å². The van der Waals surface area contributed by atoms with Crippen molar-refractivity contribution in [1.82, 2.24) is 4.98 Å². The fraction of sp³-hybridized carbons (Fsp3) is 0.0769. The summed E-state index contributed by atoms with van der Waals surface area (Å²) in [5.41, 5.74) is 5.49. The van der Waals surface area contributed by atoms with Gasteiger partial charge in [-0.2, -0.15) is 35.4 Å². The number of fused-ring (bicyclic) bond motifs is 3. The van der Waals surface area contributed by atoms with Crippen LogP contribution in [0.15, 0.2) is 79.3 Å². The first-order valence-corrected chi connectivity index (χ1v) is 9.38. The summed E-state index contributed by atoms with van der Waals surface area (Å²) in [4.78, 5) is 4.19. The van der Waals surface area contributed by atoms with Crippen LogP contribution in [0.25, 0.3) is 43.9 Å². The second kappa shape index (κ2) is 9.20. The van der Waals surface area contributed by atoms with Crippen LogP contribution in [0.5, 0.6) is 0 Å². The van der Waals surface area contributed by atoms with E-state index in [1.165, 1.54) is 21.7 Å². The molecule has 0 bridgehead atoms. The van der Waals surface area contributed by atoms with Crippen LogP contribution in [0.3, 0.4) is 0 Å². The molecule has 0 aliphatic rings. The Labute approximate surface area is 204 Å². The monoisotopic (exact) mass is 459 g/mol. The van der Waals surface area contributed by atoms with E-state index in [1.54, 1.807) is 0 Å². The number of hydrogen-bond donors (Lipinski definition) is 0. The third-order valence-electron chi connectivity index (χ3n) is 5.29. The molecule has 0 aliphatic heterocycles. The van der Waals surface area contributed by atoms with Crippen molar-refractivity contribution in [2.24, 2.45) is 7.05 Å². The van der Waals surface area contributed by atoms with Crippen LogP contribution in [0.2, 0.25) is 0 Å². The minimum atomic E-state index is 0. The van der Waals surface area contributed by atoms with Gasteiger partial charge in [-0.3, -0.25) is 4.57 Å². The van der Waals surface area contributed by atoms with Crippen molar-refractivity contribution in [1.29, 1.82) is 0 Å². The molecule has 1 heterocycles. The van der Waals surface area contributed by atoms with Crippen LogP contribution in [0.1, 0.15) is 5.56 Å². The molecule has 0 N–H and O–H groups in total. The second-order valence-electron chi connectivity index (χ2n) is 7.13. The summed E-state index contributed by atoms with van der Waals surface area (Å²) in [5, 5.41) is 4.83. The maximum absolute atomic E-state index is 4.19. The molecule has 0 spiro atoms. The predicted molar refractivity (Wildman–Crippen MR) is 119 cm³/mol.